The zero-order valence-electron chi connectivity index (χ0n) is 12.3. The number of sulfonamides is 1. The summed E-state index contributed by atoms with van der Waals surface area (Å²) in [6, 6.07) is 6.10. The number of hydrogen-bond acceptors (Lipinski definition) is 4. The van der Waals surface area contributed by atoms with Crippen LogP contribution in [0, 0.1) is 0 Å². The molecular formula is C14H24N2O3S. The van der Waals surface area contributed by atoms with Crippen LogP contribution in [-0.4, -0.2) is 44.1 Å². The molecule has 1 aromatic rings. The van der Waals surface area contributed by atoms with Gasteiger partial charge < -0.3 is 10.0 Å². The Morgan fingerprint density at radius 2 is 1.75 bits per heavy atom. The number of aliphatic hydroxyl groups excluding tert-OH is 1. The smallest absolute Gasteiger partial charge is 0.240 e. The van der Waals surface area contributed by atoms with Crippen LogP contribution in [-0.2, 0) is 16.6 Å². The molecule has 1 aromatic carbocycles. The first-order valence-electron chi connectivity index (χ1n) is 6.87. The van der Waals surface area contributed by atoms with Gasteiger partial charge in [0.15, 0.2) is 0 Å². The molecular weight excluding hydrogens is 276 g/mol. The summed E-state index contributed by atoms with van der Waals surface area (Å²) in [5, 5.41) is 8.96. The number of rotatable bonds is 8. The lowest BCUT2D eigenvalue weighted by molar-refractivity contribution is 0.281. The van der Waals surface area contributed by atoms with Crippen LogP contribution in [0.4, 0.5) is 0 Å². The van der Waals surface area contributed by atoms with Gasteiger partial charge in [-0.2, -0.15) is 0 Å². The Balaban J connectivity index is 2.73. The number of hydrogen-bond donors (Lipinski definition) is 2. The second-order valence-corrected chi connectivity index (χ2v) is 6.52. The van der Waals surface area contributed by atoms with Gasteiger partial charge >= 0.3 is 0 Å². The van der Waals surface area contributed by atoms with Crippen molar-refractivity contribution >= 4 is 10.0 Å². The molecule has 20 heavy (non-hydrogen) atoms. The predicted octanol–water partition coefficient (Wildman–Crippen LogP) is 1.19. The molecule has 1 atom stereocenters. The van der Waals surface area contributed by atoms with Crippen LogP contribution in [0.5, 0.6) is 0 Å². The van der Waals surface area contributed by atoms with Crippen LogP contribution in [0.15, 0.2) is 29.2 Å². The van der Waals surface area contributed by atoms with Gasteiger partial charge in [0.1, 0.15) is 0 Å². The topological polar surface area (TPSA) is 69.6 Å². The van der Waals surface area contributed by atoms with E-state index in [0.717, 1.165) is 13.1 Å². The first kappa shape index (κ1) is 17.1. The van der Waals surface area contributed by atoms with Crippen molar-refractivity contribution in [2.24, 2.45) is 0 Å². The minimum atomic E-state index is -3.50. The molecule has 6 heteroatoms. The van der Waals surface area contributed by atoms with E-state index in [0.29, 0.717) is 12.1 Å². The number of benzene rings is 1. The lowest BCUT2D eigenvalue weighted by atomic mass is 10.2. The van der Waals surface area contributed by atoms with E-state index in [1.54, 1.807) is 12.1 Å². The highest BCUT2D eigenvalue weighted by molar-refractivity contribution is 7.89. The number of likely N-dealkylation sites (N-methyl/N-ethyl adjacent to an activating group) is 1. The molecule has 0 radical (unpaired) electrons. The summed E-state index contributed by atoms with van der Waals surface area (Å²) in [5.41, 5.74) is 0.695. The minimum Gasteiger partial charge on any atom is -0.392 e. The van der Waals surface area contributed by atoms with Crippen LogP contribution in [0.25, 0.3) is 0 Å². The number of nitrogens with zero attached hydrogens (tertiary/aromatic N) is 1. The normalized spacial score (nSPS) is 13.7. The summed E-state index contributed by atoms with van der Waals surface area (Å²) in [6.07, 6.45) is 0. The van der Waals surface area contributed by atoms with Gasteiger partial charge in [-0.15, -0.1) is 0 Å². The van der Waals surface area contributed by atoms with Crippen molar-refractivity contribution in [3.05, 3.63) is 29.8 Å². The van der Waals surface area contributed by atoms with Crippen molar-refractivity contribution in [2.75, 3.05) is 19.6 Å². The molecule has 0 fully saturated rings. The van der Waals surface area contributed by atoms with Crippen LogP contribution in [0.1, 0.15) is 26.3 Å². The maximum atomic E-state index is 12.2. The molecule has 114 valence electrons. The summed E-state index contributed by atoms with van der Waals surface area (Å²) in [4.78, 5) is 2.39. The van der Waals surface area contributed by atoms with Crippen molar-refractivity contribution in [3.63, 3.8) is 0 Å². The molecule has 0 bridgehead atoms. The Labute approximate surface area is 121 Å². The molecule has 0 heterocycles. The maximum absolute atomic E-state index is 12.2. The Hall–Kier alpha value is -0.950. The van der Waals surface area contributed by atoms with Gasteiger partial charge in [0.2, 0.25) is 10.0 Å². The fraction of sp³-hybridized carbons (Fsp3) is 0.571. The van der Waals surface area contributed by atoms with Gasteiger partial charge in [0.05, 0.1) is 11.5 Å². The van der Waals surface area contributed by atoms with Crippen molar-refractivity contribution < 1.29 is 13.5 Å². The quantitative estimate of drug-likeness (QED) is 0.756. The third-order valence-electron chi connectivity index (χ3n) is 3.20. The average molecular weight is 300 g/mol. The summed E-state index contributed by atoms with van der Waals surface area (Å²) in [5.74, 6) is 0. The van der Waals surface area contributed by atoms with E-state index in [2.05, 4.69) is 23.5 Å². The highest BCUT2D eigenvalue weighted by Gasteiger charge is 2.18. The monoisotopic (exact) mass is 300 g/mol. The highest BCUT2D eigenvalue weighted by Crippen LogP contribution is 2.11. The lowest BCUT2D eigenvalue weighted by Crippen LogP contribution is -2.41. The van der Waals surface area contributed by atoms with E-state index >= 15 is 0 Å². The van der Waals surface area contributed by atoms with E-state index in [1.807, 2.05) is 6.92 Å². The molecule has 0 spiro atoms. The summed E-state index contributed by atoms with van der Waals surface area (Å²) in [7, 11) is -3.50. The molecule has 0 aliphatic heterocycles. The van der Waals surface area contributed by atoms with Gasteiger partial charge in [0.25, 0.3) is 0 Å². The third kappa shape index (κ3) is 4.86. The highest BCUT2D eigenvalue weighted by atomic mass is 32.2. The lowest BCUT2D eigenvalue weighted by Gasteiger charge is -2.23. The van der Waals surface area contributed by atoms with E-state index in [1.165, 1.54) is 12.1 Å². The van der Waals surface area contributed by atoms with Gasteiger partial charge in [-0.3, -0.25) is 0 Å². The summed E-state index contributed by atoms with van der Waals surface area (Å²) in [6.45, 7) is 8.35. The van der Waals surface area contributed by atoms with Gasteiger partial charge in [0, 0.05) is 12.6 Å². The van der Waals surface area contributed by atoms with E-state index < -0.39 is 10.0 Å². The second kappa shape index (κ2) is 7.73. The maximum Gasteiger partial charge on any atom is 0.240 e. The van der Waals surface area contributed by atoms with Crippen LogP contribution in [0.3, 0.4) is 0 Å². The number of nitrogens with one attached hydrogen (secondary N) is 1. The molecule has 0 aromatic heterocycles. The van der Waals surface area contributed by atoms with Gasteiger partial charge in [-0.05, 0) is 37.7 Å². The predicted molar refractivity (Wildman–Crippen MR) is 79.9 cm³/mol. The standard InChI is InChI=1S/C14H24N2O3S/c1-4-16(5-2)10-12(3)15-20(18,19)14-8-6-13(11-17)7-9-14/h6-9,12,15,17H,4-5,10-11H2,1-3H3. The first-order valence-corrected chi connectivity index (χ1v) is 8.35. The van der Waals surface area contributed by atoms with E-state index in [4.69, 9.17) is 5.11 Å². The largest absolute Gasteiger partial charge is 0.392 e. The first-order chi connectivity index (χ1) is 9.42. The Morgan fingerprint density at radius 3 is 2.20 bits per heavy atom. The molecule has 0 aliphatic carbocycles. The van der Waals surface area contributed by atoms with E-state index in [-0.39, 0.29) is 17.5 Å². The Bertz CT molecular complexity index is 496. The van der Waals surface area contributed by atoms with Crippen molar-refractivity contribution in [2.45, 2.75) is 38.3 Å². The summed E-state index contributed by atoms with van der Waals surface area (Å²) < 4.78 is 27.1. The summed E-state index contributed by atoms with van der Waals surface area (Å²) >= 11 is 0. The molecule has 5 nitrogen and oxygen atoms in total. The van der Waals surface area contributed by atoms with Crippen LogP contribution >= 0.6 is 0 Å². The number of aliphatic hydroxyl groups is 1. The average Bonchev–Trinajstić information content (AvgIpc) is 2.44. The fourth-order valence-electron chi connectivity index (χ4n) is 2.01. The van der Waals surface area contributed by atoms with Crippen molar-refractivity contribution in [1.82, 2.24) is 9.62 Å². The molecule has 0 saturated carbocycles. The Kier molecular flexibility index (Phi) is 6.61. The molecule has 0 aliphatic rings. The van der Waals surface area contributed by atoms with E-state index in [9.17, 15) is 8.42 Å². The Morgan fingerprint density at radius 1 is 1.20 bits per heavy atom. The molecule has 0 amide bonds. The second-order valence-electron chi connectivity index (χ2n) is 4.81. The van der Waals surface area contributed by atoms with Crippen molar-refractivity contribution in [3.8, 4) is 0 Å². The zero-order chi connectivity index (χ0) is 15.2. The zero-order valence-corrected chi connectivity index (χ0v) is 13.2. The molecule has 0 saturated heterocycles. The van der Waals surface area contributed by atoms with Crippen LogP contribution in [0.2, 0.25) is 0 Å². The van der Waals surface area contributed by atoms with Crippen LogP contribution < -0.4 is 4.72 Å². The van der Waals surface area contributed by atoms with Gasteiger partial charge in [-0.1, -0.05) is 26.0 Å². The van der Waals surface area contributed by atoms with Gasteiger partial charge in [-0.25, -0.2) is 13.1 Å². The molecule has 2 N–H and O–H groups in total. The molecule has 1 unspecified atom stereocenters. The third-order valence-corrected chi connectivity index (χ3v) is 4.80. The SMILES string of the molecule is CCN(CC)CC(C)NS(=O)(=O)c1ccc(CO)cc1. The molecule has 1 rings (SSSR count). The van der Waals surface area contributed by atoms with Crippen molar-refractivity contribution in [1.29, 1.82) is 0 Å². The minimum absolute atomic E-state index is 0.0912. The fourth-order valence-corrected chi connectivity index (χ4v) is 3.25.